The maximum absolute atomic E-state index is 10.5. The highest BCUT2D eigenvalue weighted by Crippen LogP contribution is 2.37. The van der Waals surface area contributed by atoms with Crippen molar-refractivity contribution in [3.63, 3.8) is 0 Å². The van der Waals surface area contributed by atoms with E-state index in [-0.39, 0.29) is 6.54 Å². The zero-order valence-electron chi connectivity index (χ0n) is 9.94. The average Bonchev–Trinajstić information content (AvgIpc) is 2.34. The minimum Gasteiger partial charge on any atom is -0.496 e. The molecule has 0 heterocycles. The Morgan fingerprint density at radius 3 is 2.47 bits per heavy atom. The van der Waals surface area contributed by atoms with Crippen LogP contribution in [0.5, 0.6) is 11.5 Å². The average molecular weight is 257 g/mol. The van der Waals surface area contributed by atoms with Gasteiger partial charge in [0.1, 0.15) is 18.0 Å². The lowest BCUT2D eigenvalue weighted by molar-refractivity contribution is -0.134. The van der Waals surface area contributed by atoms with Crippen LogP contribution in [-0.2, 0) is 4.79 Å². The third-order valence-corrected chi connectivity index (χ3v) is 2.89. The van der Waals surface area contributed by atoms with Crippen molar-refractivity contribution in [3.05, 3.63) is 12.1 Å². The molecule has 6 heteroatoms. The van der Waals surface area contributed by atoms with Gasteiger partial charge in [0.25, 0.3) is 0 Å². The summed E-state index contributed by atoms with van der Waals surface area (Å²) in [6.07, 6.45) is 1.93. The van der Waals surface area contributed by atoms with E-state index >= 15 is 0 Å². The van der Waals surface area contributed by atoms with Crippen LogP contribution < -0.4 is 14.8 Å². The van der Waals surface area contributed by atoms with Crippen molar-refractivity contribution in [1.29, 1.82) is 0 Å². The number of anilines is 1. The maximum Gasteiger partial charge on any atom is 0.322 e. The van der Waals surface area contributed by atoms with E-state index in [1.54, 1.807) is 13.2 Å². The molecule has 0 radical (unpaired) electrons. The Kier molecular flexibility index (Phi) is 4.96. The molecular formula is C11H15NO4S. The molecule has 1 aromatic carbocycles. The molecule has 0 spiro atoms. The van der Waals surface area contributed by atoms with Crippen LogP contribution in [0.2, 0.25) is 0 Å². The van der Waals surface area contributed by atoms with E-state index in [4.69, 9.17) is 14.6 Å². The lowest BCUT2D eigenvalue weighted by Gasteiger charge is -2.14. The van der Waals surface area contributed by atoms with Gasteiger partial charge in [0, 0.05) is 6.07 Å². The number of ether oxygens (including phenoxy) is 2. The summed E-state index contributed by atoms with van der Waals surface area (Å²) in [5.41, 5.74) is 0.601. The number of thioether (sulfide) groups is 1. The van der Waals surface area contributed by atoms with E-state index < -0.39 is 5.97 Å². The van der Waals surface area contributed by atoms with Gasteiger partial charge in [0.2, 0.25) is 0 Å². The van der Waals surface area contributed by atoms with Crippen LogP contribution in [0.15, 0.2) is 17.0 Å². The van der Waals surface area contributed by atoms with Crippen molar-refractivity contribution in [3.8, 4) is 11.5 Å². The number of aliphatic carboxylic acids is 1. The Balaban J connectivity index is 3.05. The Morgan fingerprint density at radius 2 is 2.00 bits per heavy atom. The second-order valence-corrected chi connectivity index (χ2v) is 4.00. The molecule has 0 amide bonds. The lowest BCUT2D eigenvalue weighted by Crippen LogP contribution is -2.13. The normalized spacial score (nSPS) is 9.82. The first kappa shape index (κ1) is 13.5. The van der Waals surface area contributed by atoms with Gasteiger partial charge in [-0.2, -0.15) is 0 Å². The highest BCUT2D eigenvalue weighted by Gasteiger charge is 2.11. The number of carboxylic acid groups (broad SMARTS) is 1. The zero-order valence-corrected chi connectivity index (χ0v) is 10.8. The summed E-state index contributed by atoms with van der Waals surface area (Å²) in [5, 5.41) is 11.4. The molecule has 0 aliphatic rings. The van der Waals surface area contributed by atoms with E-state index in [2.05, 4.69) is 5.32 Å². The number of hydrogen-bond acceptors (Lipinski definition) is 5. The molecule has 0 aliphatic carbocycles. The van der Waals surface area contributed by atoms with Crippen LogP contribution >= 0.6 is 11.8 Å². The van der Waals surface area contributed by atoms with Gasteiger partial charge in [-0.1, -0.05) is 0 Å². The minimum absolute atomic E-state index is 0.169. The Labute approximate surface area is 104 Å². The summed E-state index contributed by atoms with van der Waals surface area (Å²) in [7, 11) is 3.11. The largest absolute Gasteiger partial charge is 0.496 e. The van der Waals surface area contributed by atoms with Gasteiger partial charge < -0.3 is 19.9 Å². The topological polar surface area (TPSA) is 67.8 Å². The fraction of sp³-hybridized carbons (Fsp3) is 0.364. The standard InChI is InChI=1S/C11H15NO4S/c1-15-8-5-10(17-3)9(16-2)4-7(8)12-6-11(13)14/h4-5,12H,6H2,1-3H3,(H,13,14). The van der Waals surface area contributed by atoms with Crippen LogP contribution in [0.25, 0.3) is 0 Å². The minimum atomic E-state index is -0.931. The van der Waals surface area contributed by atoms with Crippen LogP contribution in [0.3, 0.4) is 0 Å². The molecule has 1 rings (SSSR count). The Bertz CT molecular complexity index is 409. The van der Waals surface area contributed by atoms with Crippen molar-refractivity contribution in [1.82, 2.24) is 0 Å². The molecule has 0 saturated carbocycles. The molecule has 0 aromatic heterocycles. The maximum atomic E-state index is 10.5. The van der Waals surface area contributed by atoms with E-state index in [1.165, 1.54) is 18.9 Å². The smallest absolute Gasteiger partial charge is 0.322 e. The third kappa shape index (κ3) is 3.45. The van der Waals surface area contributed by atoms with Gasteiger partial charge in [0.15, 0.2) is 0 Å². The quantitative estimate of drug-likeness (QED) is 0.759. The first-order valence-corrected chi connectivity index (χ1v) is 6.10. The number of rotatable bonds is 6. The molecule has 2 N–H and O–H groups in total. The van der Waals surface area contributed by atoms with E-state index in [0.717, 1.165) is 4.90 Å². The van der Waals surface area contributed by atoms with Gasteiger partial charge in [-0.15, -0.1) is 11.8 Å². The first-order chi connectivity index (χ1) is 8.12. The Hall–Kier alpha value is -1.56. The van der Waals surface area contributed by atoms with Gasteiger partial charge in [0.05, 0.1) is 24.8 Å². The Morgan fingerprint density at radius 1 is 1.35 bits per heavy atom. The first-order valence-electron chi connectivity index (χ1n) is 4.88. The molecule has 1 aromatic rings. The van der Waals surface area contributed by atoms with Crippen LogP contribution in [0, 0.1) is 0 Å². The molecule has 5 nitrogen and oxygen atoms in total. The van der Waals surface area contributed by atoms with Crippen molar-refractivity contribution >= 4 is 23.4 Å². The molecule has 17 heavy (non-hydrogen) atoms. The van der Waals surface area contributed by atoms with Crippen molar-refractivity contribution in [2.75, 3.05) is 32.3 Å². The number of carbonyl (C=O) groups is 1. The molecular weight excluding hydrogens is 242 g/mol. The zero-order chi connectivity index (χ0) is 12.8. The van der Waals surface area contributed by atoms with Crippen molar-refractivity contribution in [2.45, 2.75) is 4.90 Å². The number of benzene rings is 1. The van der Waals surface area contributed by atoms with Crippen LogP contribution in [-0.4, -0.2) is 38.1 Å². The lowest BCUT2D eigenvalue weighted by atomic mass is 10.2. The van der Waals surface area contributed by atoms with Crippen molar-refractivity contribution < 1.29 is 19.4 Å². The van der Waals surface area contributed by atoms with Crippen LogP contribution in [0.4, 0.5) is 5.69 Å². The second-order valence-electron chi connectivity index (χ2n) is 3.15. The van der Waals surface area contributed by atoms with Crippen molar-refractivity contribution in [2.24, 2.45) is 0 Å². The fourth-order valence-corrected chi connectivity index (χ4v) is 1.91. The van der Waals surface area contributed by atoms with Gasteiger partial charge in [-0.25, -0.2) is 0 Å². The summed E-state index contributed by atoms with van der Waals surface area (Å²) in [6, 6.07) is 3.54. The molecule has 0 fully saturated rings. The van der Waals surface area contributed by atoms with Gasteiger partial charge in [-0.3, -0.25) is 4.79 Å². The number of hydrogen-bond donors (Lipinski definition) is 2. The van der Waals surface area contributed by atoms with Gasteiger partial charge in [-0.05, 0) is 12.3 Å². The second kappa shape index (κ2) is 6.24. The fourth-order valence-electron chi connectivity index (χ4n) is 1.34. The number of carboxylic acids is 1. The number of nitrogens with one attached hydrogen (secondary N) is 1. The molecule has 94 valence electrons. The summed E-state index contributed by atoms with van der Waals surface area (Å²) in [4.78, 5) is 11.4. The van der Waals surface area contributed by atoms with Crippen LogP contribution in [0.1, 0.15) is 0 Å². The van der Waals surface area contributed by atoms with E-state index in [0.29, 0.717) is 17.2 Å². The highest BCUT2D eigenvalue weighted by atomic mass is 32.2. The molecule has 0 bridgehead atoms. The van der Waals surface area contributed by atoms with E-state index in [1.807, 2.05) is 12.3 Å². The highest BCUT2D eigenvalue weighted by molar-refractivity contribution is 7.98. The monoisotopic (exact) mass is 257 g/mol. The summed E-state index contributed by atoms with van der Waals surface area (Å²) in [5.74, 6) is 0.350. The molecule has 0 aliphatic heterocycles. The number of methoxy groups -OCH3 is 2. The third-order valence-electron chi connectivity index (χ3n) is 2.14. The summed E-state index contributed by atoms with van der Waals surface area (Å²) < 4.78 is 10.4. The summed E-state index contributed by atoms with van der Waals surface area (Å²) in [6.45, 7) is -0.169. The predicted octanol–water partition coefficient (Wildman–Crippen LogP) is 1.92. The predicted molar refractivity (Wildman–Crippen MR) is 67.5 cm³/mol. The molecule has 0 atom stereocenters. The van der Waals surface area contributed by atoms with Gasteiger partial charge >= 0.3 is 5.97 Å². The van der Waals surface area contributed by atoms with E-state index in [9.17, 15) is 4.79 Å². The molecule has 0 unspecified atom stereocenters. The molecule has 0 saturated heterocycles. The summed E-state index contributed by atoms with van der Waals surface area (Å²) >= 11 is 1.53. The SMILES string of the molecule is COc1cc(SC)c(OC)cc1NCC(=O)O.